The lowest BCUT2D eigenvalue weighted by Gasteiger charge is -2.10. The monoisotopic (exact) mass is 410 g/mol. The number of carbonyl (C=O) groups excluding carboxylic acids is 2. The van der Waals surface area contributed by atoms with Crippen LogP contribution in [0.5, 0.6) is 0 Å². The number of anilines is 1. The molecule has 2 N–H and O–H groups in total. The zero-order valence-corrected chi connectivity index (χ0v) is 17.6. The lowest BCUT2D eigenvalue weighted by atomic mass is 10.1. The third kappa shape index (κ3) is 4.49. The number of hydrogen-bond donors (Lipinski definition) is 2. The molecule has 2 aromatic carbocycles. The van der Waals surface area contributed by atoms with E-state index in [4.69, 9.17) is 11.6 Å². The average molecular weight is 411 g/mol. The third-order valence-electron chi connectivity index (χ3n) is 4.84. The second-order valence-corrected chi connectivity index (χ2v) is 7.31. The molecule has 1 aromatic heterocycles. The van der Waals surface area contributed by atoms with Crippen molar-refractivity contribution in [2.75, 3.05) is 12.4 Å². The summed E-state index contributed by atoms with van der Waals surface area (Å²) in [5.41, 5.74) is 5.55. The van der Waals surface area contributed by atoms with Gasteiger partial charge in [0.2, 0.25) is 5.91 Å². The first kappa shape index (κ1) is 20.6. The maximum absolute atomic E-state index is 12.7. The van der Waals surface area contributed by atoms with E-state index in [0.717, 1.165) is 28.2 Å². The van der Waals surface area contributed by atoms with Gasteiger partial charge in [-0.2, -0.15) is 5.10 Å². The molecule has 0 aliphatic carbocycles. The first-order chi connectivity index (χ1) is 13.8. The van der Waals surface area contributed by atoms with Gasteiger partial charge in [0.05, 0.1) is 17.8 Å². The predicted octanol–water partition coefficient (Wildman–Crippen LogP) is 3.99. The van der Waals surface area contributed by atoms with Crippen molar-refractivity contribution in [1.29, 1.82) is 0 Å². The molecule has 29 heavy (non-hydrogen) atoms. The minimum Gasteiger partial charge on any atom is -0.355 e. The van der Waals surface area contributed by atoms with Crippen LogP contribution >= 0.6 is 11.6 Å². The summed E-state index contributed by atoms with van der Waals surface area (Å²) in [7, 11) is 1.59. The molecule has 0 radical (unpaired) electrons. The van der Waals surface area contributed by atoms with Gasteiger partial charge in [-0.3, -0.25) is 9.59 Å². The Labute approximate surface area is 174 Å². The highest BCUT2D eigenvalue weighted by Gasteiger charge is 2.17. The Hall–Kier alpha value is -3.12. The molecule has 6 nitrogen and oxygen atoms in total. The van der Waals surface area contributed by atoms with Crippen LogP contribution in [0.25, 0.3) is 5.69 Å². The molecule has 0 aliphatic heterocycles. The fraction of sp³-hybridized carbons (Fsp3) is 0.227. The van der Waals surface area contributed by atoms with Gasteiger partial charge in [0.15, 0.2) is 0 Å². The number of hydrogen-bond acceptors (Lipinski definition) is 3. The van der Waals surface area contributed by atoms with Gasteiger partial charge in [-0.1, -0.05) is 11.6 Å². The number of nitrogens with zero attached hydrogens (tertiary/aromatic N) is 2. The lowest BCUT2D eigenvalue weighted by molar-refractivity contribution is -0.115. The van der Waals surface area contributed by atoms with Gasteiger partial charge >= 0.3 is 0 Å². The summed E-state index contributed by atoms with van der Waals surface area (Å²) in [4.78, 5) is 24.4. The maximum Gasteiger partial charge on any atom is 0.251 e. The van der Waals surface area contributed by atoms with E-state index >= 15 is 0 Å². The van der Waals surface area contributed by atoms with Crippen LogP contribution in [0.2, 0.25) is 5.02 Å². The van der Waals surface area contributed by atoms with Crippen molar-refractivity contribution in [3.8, 4) is 5.69 Å². The number of rotatable bonds is 5. The van der Waals surface area contributed by atoms with Crippen LogP contribution in [0.3, 0.4) is 0 Å². The Morgan fingerprint density at radius 2 is 1.76 bits per heavy atom. The minimum absolute atomic E-state index is 0.136. The van der Waals surface area contributed by atoms with Gasteiger partial charge in [0, 0.05) is 34.6 Å². The first-order valence-electron chi connectivity index (χ1n) is 9.23. The summed E-state index contributed by atoms with van der Waals surface area (Å²) in [6, 6.07) is 12.6. The minimum atomic E-state index is -0.160. The summed E-state index contributed by atoms with van der Waals surface area (Å²) in [6.07, 6.45) is 0.210. The van der Waals surface area contributed by atoms with E-state index in [2.05, 4.69) is 15.7 Å². The molecule has 0 saturated carbocycles. The number of halogens is 1. The van der Waals surface area contributed by atoms with E-state index in [-0.39, 0.29) is 18.2 Å². The highest BCUT2D eigenvalue weighted by atomic mass is 35.5. The topological polar surface area (TPSA) is 76.0 Å². The van der Waals surface area contributed by atoms with E-state index in [0.29, 0.717) is 16.3 Å². The van der Waals surface area contributed by atoms with Gasteiger partial charge in [-0.25, -0.2) is 4.68 Å². The van der Waals surface area contributed by atoms with Crippen LogP contribution in [-0.2, 0) is 11.2 Å². The fourth-order valence-corrected chi connectivity index (χ4v) is 3.33. The van der Waals surface area contributed by atoms with Crippen LogP contribution in [0.15, 0.2) is 42.5 Å². The number of benzene rings is 2. The predicted molar refractivity (Wildman–Crippen MR) is 115 cm³/mol. The smallest absolute Gasteiger partial charge is 0.251 e. The van der Waals surface area contributed by atoms with E-state index < -0.39 is 0 Å². The number of nitrogens with one attached hydrogen (secondary N) is 2. The summed E-state index contributed by atoms with van der Waals surface area (Å²) in [6.45, 7) is 5.70. The Kier molecular flexibility index (Phi) is 6.03. The van der Waals surface area contributed by atoms with Crippen molar-refractivity contribution >= 4 is 29.1 Å². The number of aryl methyl sites for hydroxylation is 2. The molecule has 3 aromatic rings. The molecule has 0 saturated heterocycles. The van der Waals surface area contributed by atoms with Crippen molar-refractivity contribution in [3.63, 3.8) is 0 Å². The van der Waals surface area contributed by atoms with Crippen LogP contribution in [0, 0.1) is 20.8 Å². The maximum atomic E-state index is 12.7. The van der Waals surface area contributed by atoms with Crippen molar-refractivity contribution in [2.24, 2.45) is 0 Å². The Balaban J connectivity index is 1.78. The van der Waals surface area contributed by atoms with E-state index in [1.165, 1.54) is 0 Å². The van der Waals surface area contributed by atoms with Crippen LogP contribution < -0.4 is 10.6 Å². The molecule has 0 spiro atoms. The zero-order valence-electron chi connectivity index (χ0n) is 16.8. The molecule has 1 heterocycles. The number of aromatic nitrogens is 2. The van der Waals surface area contributed by atoms with Crippen molar-refractivity contribution in [1.82, 2.24) is 15.1 Å². The van der Waals surface area contributed by atoms with Crippen LogP contribution in [0.4, 0.5) is 5.69 Å². The second-order valence-electron chi connectivity index (χ2n) is 6.87. The first-order valence-corrected chi connectivity index (χ1v) is 9.61. The molecule has 150 valence electrons. The summed E-state index contributed by atoms with van der Waals surface area (Å²) in [5.74, 6) is -0.297. The normalized spacial score (nSPS) is 10.7. The Morgan fingerprint density at radius 1 is 1.07 bits per heavy atom. The van der Waals surface area contributed by atoms with Gasteiger partial charge in [0.25, 0.3) is 5.91 Å². The number of carbonyl (C=O) groups is 2. The standard InChI is InChI=1S/C22H23ClN4O2/c1-13-11-16(22(29)24-4)5-10-20(13)25-21(28)12-19-14(2)26-27(15(19)3)18-8-6-17(23)7-9-18/h5-11H,12H2,1-4H3,(H,24,29)(H,25,28). The van der Waals surface area contributed by atoms with Crippen molar-refractivity contribution in [2.45, 2.75) is 27.2 Å². The SMILES string of the molecule is CNC(=O)c1ccc(NC(=O)Cc2c(C)nn(-c3ccc(Cl)cc3)c2C)c(C)c1. The summed E-state index contributed by atoms with van der Waals surface area (Å²) in [5, 5.41) is 10.8. The van der Waals surface area contributed by atoms with E-state index in [1.807, 2.05) is 49.7 Å². The molecule has 0 unspecified atom stereocenters. The molecule has 0 aliphatic rings. The number of amides is 2. The van der Waals surface area contributed by atoms with Gasteiger partial charge in [0.1, 0.15) is 0 Å². The van der Waals surface area contributed by atoms with Crippen LogP contribution in [0.1, 0.15) is 32.9 Å². The second kappa shape index (κ2) is 8.49. The highest BCUT2D eigenvalue weighted by Crippen LogP contribution is 2.21. The largest absolute Gasteiger partial charge is 0.355 e. The van der Waals surface area contributed by atoms with Crippen LogP contribution in [-0.4, -0.2) is 28.6 Å². The molecule has 0 fully saturated rings. The lowest BCUT2D eigenvalue weighted by Crippen LogP contribution is -2.19. The average Bonchev–Trinajstić information content (AvgIpc) is 2.97. The summed E-state index contributed by atoms with van der Waals surface area (Å²) >= 11 is 5.96. The molecule has 2 amide bonds. The molecular weight excluding hydrogens is 388 g/mol. The fourth-order valence-electron chi connectivity index (χ4n) is 3.21. The zero-order chi connectivity index (χ0) is 21.1. The summed E-state index contributed by atoms with van der Waals surface area (Å²) < 4.78 is 1.82. The molecule has 3 rings (SSSR count). The molecule has 0 atom stereocenters. The van der Waals surface area contributed by atoms with Gasteiger partial charge in [-0.15, -0.1) is 0 Å². The highest BCUT2D eigenvalue weighted by molar-refractivity contribution is 6.30. The Morgan fingerprint density at radius 3 is 2.38 bits per heavy atom. The Bertz CT molecular complexity index is 1070. The van der Waals surface area contributed by atoms with E-state index in [1.54, 1.807) is 25.2 Å². The van der Waals surface area contributed by atoms with Crippen molar-refractivity contribution in [3.05, 3.63) is 75.6 Å². The van der Waals surface area contributed by atoms with E-state index in [9.17, 15) is 9.59 Å². The molecular formula is C22H23ClN4O2. The van der Waals surface area contributed by atoms with Gasteiger partial charge < -0.3 is 10.6 Å². The van der Waals surface area contributed by atoms with Crippen molar-refractivity contribution < 1.29 is 9.59 Å². The van der Waals surface area contributed by atoms with Gasteiger partial charge in [-0.05, 0) is 68.8 Å². The molecule has 7 heteroatoms. The third-order valence-corrected chi connectivity index (χ3v) is 5.09. The molecule has 0 bridgehead atoms. The quantitative estimate of drug-likeness (QED) is 0.667.